The summed E-state index contributed by atoms with van der Waals surface area (Å²) in [6.45, 7) is 2.92. The van der Waals surface area contributed by atoms with Crippen LogP contribution in [0.25, 0.3) is 10.8 Å². The van der Waals surface area contributed by atoms with E-state index in [-0.39, 0.29) is 5.41 Å². The van der Waals surface area contributed by atoms with Crippen LogP contribution in [0.15, 0.2) is 66.7 Å². The molecule has 4 rings (SSSR count). The van der Waals surface area contributed by atoms with Gasteiger partial charge in [0, 0.05) is 12.0 Å². The quantitative estimate of drug-likeness (QED) is 0.655. The topological polar surface area (TPSA) is 26.0 Å². The van der Waals surface area contributed by atoms with E-state index in [9.17, 15) is 0 Å². The molecular weight excluding hydrogens is 302 g/mol. The van der Waals surface area contributed by atoms with Crippen molar-refractivity contribution in [2.45, 2.75) is 43.9 Å². The minimum Gasteiger partial charge on any atom is -0.330 e. The molecule has 1 aliphatic carbocycles. The van der Waals surface area contributed by atoms with Gasteiger partial charge in [0.15, 0.2) is 0 Å². The third-order valence-electron chi connectivity index (χ3n) is 6.23. The Morgan fingerprint density at radius 1 is 0.920 bits per heavy atom. The second-order valence-electron chi connectivity index (χ2n) is 7.70. The van der Waals surface area contributed by atoms with Gasteiger partial charge in [0.25, 0.3) is 0 Å². The molecule has 25 heavy (non-hydrogen) atoms. The summed E-state index contributed by atoms with van der Waals surface area (Å²) in [4.78, 5) is 0. The monoisotopic (exact) mass is 329 g/mol. The molecule has 0 amide bonds. The molecule has 3 aromatic carbocycles. The first-order chi connectivity index (χ1) is 12.2. The zero-order valence-corrected chi connectivity index (χ0v) is 15.0. The number of benzene rings is 3. The van der Waals surface area contributed by atoms with Crippen LogP contribution < -0.4 is 5.73 Å². The van der Waals surface area contributed by atoms with Gasteiger partial charge < -0.3 is 5.73 Å². The molecule has 3 aromatic rings. The molecule has 0 spiro atoms. The Morgan fingerprint density at radius 3 is 2.40 bits per heavy atom. The predicted molar refractivity (Wildman–Crippen MR) is 107 cm³/mol. The van der Waals surface area contributed by atoms with Gasteiger partial charge in [0.05, 0.1) is 0 Å². The lowest BCUT2D eigenvalue weighted by atomic mass is 9.65. The van der Waals surface area contributed by atoms with Crippen molar-refractivity contribution in [2.75, 3.05) is 6.54 Å². The third kappa shape index (κ3) is 2.98. The average Bonchev–Trinajstić information content (AvgIpc) is 2.68. The maximum absolute atomic E-state index is 6.30. The number of nitrogens with two attached hydrogens (primary N) is 1. The number of fused-ring (bicyclic) bond motifs is 1. The second kappa shape index (κ2) is 6.65. The van der Waals surface area contributed by atoms with Crippen LogP contribution in [0, 0.1) is 6.92 Å². The standard InChI is InChI=1S/C24H27N/c1-18-6-4-9-21(16-18)24(17-25)14-12-20(13-15-24)23-11-5-8-19-7-2-3-10-22(19)23/h2-11,16,20H,12-15,17,25H2,1H3. The van der Waals surface area contributed by atoms with Crippen molar-refractivity contribution in [3.05, 3.63) is 83.4 Å². The average molecular weight is 329 g/mol. The summed E-state index contributed by atoms with van der Waals surface area (Å²) < 4.78 is 0. The van der Waals surface area contributed by atoms with Crippen molar-refractivity contribution >= 4 is 10.8 Å². The molecule has 0 unspecified atom stereocenters. The second-order valence-corrected chi connectivity index (χ2v) is 7.70. The highest BCUT2D eigenvalue weighted by Gasteiger charge is 2.36. The fraction of sp³-hybridized carbons (Fsp3) is 0.333. The van der Waals surface area contributed by atoms with Crippen LogP contribution in [-0.2, 0) is 5.41 Å². The summed E-state index contributed by atoms with van der Waals surface area (Å²) in [5, 5.41) is 2.78. The maximum Gasteiger partial charge on any atom is 0.00761 e. The Kier molecular flexibility index (Phi) is 4.35. The molecule has 1 nitrogen and oxygen atoms in total. The van der Waals surface area contributed by atoms with Crippen molar-refractivity contribution in [1.82, 2.24) is 0 Å². The van der Waals surface area contributed by atoms with Gasteiger partial charge in [0.1, 0.15) is 0 Å². The van der Waals surface area contributed by atoms with Crippen molar-refractivity contribution < 1.29 is 0 Å². The number of hydrogen-bond donors (Lipinski definition) is 1. The molecule has 1 aliphatic rings. The molecule has 0 bridgehead atoms. The van der Waals surface area contributed by atoms with Gasteiger partial charge >= 0.3 is 0 Å². The highest BCUT2D eigenvalue weighted by molar-refractivity contribution is 5.86. The van der Waals surface area contributed by atoms with E-state index in [0.29, 0.717) is 5.92 Å². The molecule has 1 fully saturated rings. The molecule has 128 valence electrons. The van der Waals surface area contributed by atoms with Gasteiger partial charge in [-0.25, -0.2) is 0 Å². The van der Waals surface area contributed by atoms with Gasteiger partial charge in [-0.05, 0) is 60.4 Å². The molecule has 0 heterocycles. The minimum absolute atomic E-state index is 0.160. The smallest absolute Gasteiger partial charge is 0.00761 e. The zero-order valence-electron chi connectivity index (χ0n) is 15.0. The maximum atomic E-state index is 6.30. The fourth-order valence-electron chi connectivity index (χ4n) is 4.67. The Hall–Kier alpha value is -2.12. The molecule has 0 aliphatic heterocycles. The van der Waals surface area contributed by atoms with Crippen LogP contribution in [-0.4, -0.2) is 6.54 Å². The summed E-state index contributed by atoms with van der Waals surface area (Å²) >= 11 is 0. The molecular formula is C24H27N. The molecule has 2 N–H and O–H groups in total. The Balaban J connectivity index is 1.62. The first-order valence-corrected chi connectivity index (χ1v) is 9.47. The molecule has 0 atom stereocenters. The van der Waals surface area contributed by atoms with E-state index in [1.807, 2.05) is 0 Å². The lowest BCUT2D eigenvalue weighted by Gasteiger charge is -2.40. The van der Waals surface area contributed by atoms with Gasteiger partial charge in [-0.15, -0.1) is 0 Å². The number of rotatable bonds is 3. The van der Waals surface area contributed by atoms with Gasteiger partial charge in [-0.3, -0.25) is 0 Å². The minimum atomic E-state index is 0.160. The van der Waals surface area contributed by atoms with Crippen LogP contribution >= 0.6 is 0 Å². The molecule has 0 aromatic heterocycles. The highest BCUT2D eigenvalue weighted by Crippen LogP contribution is 2.45. The van der Waals surface area contributed by atoms with E-state index in [2.05, 4.69) is 73.7 Å². The van der Waals surface area contributed by atoms with E-state index in [1.54, 1.807) is 0 Å². The summed E-state index contributed by atoms with van der Waals surface area (Å²) in [6.07, 6.45) is 4.81. The molecule has 0 radical (unpaired) electrons. The van der Waals surface area contributed by atoms with Crippen molar-refractivity contribution in [3.63, 3.8) is 0 Å². The summed E-state index contributed by atoms with van der Waals surface area (Å²) in [6, 6.07) is 24.5. The van der Waals surface area contributed by atoms with E-state index >= 15 is 0 Å². The first kappa shape index (κ1) is 16.4. The molecule has 1 saturated carbocycles. The summed E-state index contributed by atoms with van der Waals surface area (Å²) in [7, 11) is 0. The highest BCUT2D eigenvalue weighted by atomic mass is 14.6. The van der Waals surface area contributed by atoms with Gasteiger partial charge in [-0.1, -0.05) is 72.3 Å². The van der Waals surface area contributed by atoms with Gasteiger partial charge in [-0.2, -0.15) is 0 Å². The van der Waals surface area contributed by atoms with Crippen LogP contribution in [0.4, 0.5) is 0 Å². The van der Waals surface area contributed by atoms with Crippen molar-refractivity contribution in [3.8, 4) is 0 Å². The van der Waals surface area contributed by atoms with E-state index in [4.69, 9.17) is 5.73 Å². The van der Waals surface area contributed by atoms with Crippen LogP contribution in [0.3, 0.4) is 0 Å². The lowest BCUT2D eigenvalue weighted by Crippen LogP contribution is -2.38. The molecule has 1 heteroatoms. The summed E-state index contributed by atoms with van der Waals surface area (Å²) in [5.41, 5.74) is 10.7. The van der Waals surface area contributed by atoms with Crippen molar-refractivity contribution in [1.29, 1.82) is 0 Å². The van der Waals surface area contributed by atoms with Crippen LogP contribution in [0.1, 0.15) is 48.3 Å². The summed E-state index contributed by atoms with van der Waals surface area (Å²) in [5.74, 6) is 0.649. The number of hydrogen-bond acceptors (Lipinski definition) is 1. The molecule has 0 saturated heterocycles. The van der Waals surface area contributed by atoms with Gasteiger partial charge in [0.2, 0.25) is 0 Å². The Labute approximate surface area is 150 Å². The third-order valence-corrected chi connectivity index (χ3v) is 6.23. The number of aryl methyl sites for hydroxylation is 1. The Morgan fingerprint density at radius 2 is 1.64 bits per heavy atom. The largest absolute Gasteiger partial charge is 0.330 e. The SMILES string of the molecule is Cc1cccc(C2(CN)CCC(c3cccc4ccccc34)CC2)c1. The fourth-order valence-corrected chi connectivity index (χ4v) is 4.67. The predicted octanol–water partition coefficient (Wildman–Crippen LogP) is 5.70. The first-order valence-electron chi connectivity index (χ1n) is 9.47. The van der Waals surface area contributed by atoms with Crippen LogP contribution in [0.2, 0.25) is 0 Å². The van der Waals surface area contributed by atoms with E-state index in [0.717, 1.165) is 6.54 Å². The Bertz CT molecular complexity index is 867. The normalized spacial score (nSPS) is 23.7. The van der Waals surface area contributed by atoms with Crippen molar-refractivity contribution in [2.24, 2.45) is 5.73 Å². The van der Waals surface area contributed by atoms with E-state index < -0.39 is 0 Å². The van der Waals surface area contributed by atoms with E-state index in [1.165, 1.54) is 53.1 Å². The van der Waals surface area contributed by atoms with Crippen LogP contribution in [0.5, 0.6) is 0 Å². The lowest BCUT2D eigenvalue weighted by molar-refractivity contribution is 0.276. The zero-order chi connectivity index (χ0) is 17.3.